The number of hydrogen-bond acceptors (Lipinski definition) is 5. The first kappa shape index (κ1) is 25.9. The molecule has 2 aliphatic rings. The number of halogens is 1. The number of aliphatic imine (C=N–C) groups is 1. The van der Waals surface area contributed by atoms with E-state index in [0.717, 1.165) is 84.1 Å². The predicted octanol–water partition coefficient (Wildman–Crippen LogP) is 2.27. The topological polar surface area (TPSA) is 60.4 Å². The van der Waals surface area contributed by atoms with E-state index in [1.165, 1.54) is 12.7 Å². The normalized spacial score (nSPS) is 19.0. The van der Waals surface area contributed by atoms with Crippen LogP contribution in [0, 0.1) is 5.92 Å². The van der Waals surface area contributed by atoms with Crippen molar-refractivity contribution < 1.29 is 9.53 Å². The molecular formula is C23H38IN5O2. The van der Waals surface area contributed by atoms with Crippen molar-refractivity contribution in [3.05, 3.63) is 35.9 Å². The quantitative estimate of drug-likeness (QED) is 0.187. The summed E-state index contributed by atoms with van der Waals surface area (Å²) in [7, 11) is 3.30. The average Bonchev–Trinajstić information content (AvgIpc) is 2.80. The molecular weight excluding hydrogens is 505 g/mol. The van der Waals surface area contributed by atoms with Gasteiger partial charge in [-0.25, -0.2) is 0 Å². The average molecular weight is 543 g/mol. The Morgan fingerprint density at radius 3 is 2.32 bits per heavy atom. The van der Waals surface area contributed by atoms with Gasteiger partial charge < -0.3 is 19.9 Å². The third kappa shape index (κ3) is 8.23. The van der Waals surface area contributed by atoms with Gasteiger partial charge in [-0.1, -0.05) is 30.3 Å². The van der Waals surface area contributed by atoms with Gasteiger partial charge in [0.05, 0.1) is 13.0 Å². The first-order valence-electron chi connectivity index (χ1n) is 11.2. The third-order valence-corrected chi connectivity index (χ3v) is 6.19. The molecule has 7 nitrogen and oxygen atoms in total. The Hall–Kier alpha value is -1.39. The number of ether oxygens (including phenoxy) is 1. The molecule has 2 saturated heterocycles. The number of rotatable bonds is 7. The molecule has 3 rings (SSSR count). The molecule has 0 bridgehead atoms. The van der Waals surface area contributed by atoms with Gasteiger partial charge in [-0.05, 0) is 31.4 Å². The van der Waals surface area contributed by atoms with Crippen molar-refractivity contribution in [3.8, 4) is 0 Å². The number of nitrogens with zero attached hydrogens (tertiary/aromatic N) is 4. The Morgan fingerprint density at radius 1 is 1.06 bits per heavy atom. The van der Waals surface area contributed by atoms with Crippen molar-refractivity contribution in [1.82, 2.24) is 20.0 Å². The fourth-order valence-electron chi connectivity index (χ4n) is 4.34. The molecule has 0 spiro atoms. The summed E-state index contributed by atoms with van der Waals surface area (Å²) in [6, 6.07) is 10.7. The first-order chi connectivity index (χ1) is 14.7. The smallest absolute Gasteiger partial charge is 0.308 e. The van der Waals surface area contributed by atoms with Crippen molar-refractivity contribution >= 4 is 35.9 Å². The molecule has 2 aliphatic heterocycles. The lowest BCUT2D eigenvalue weighted by Crippen LogP contribution is -2.48. The molecule has 0 aromatic heterocycles. The largest absolute Gasteiger partial charge is 0.469 e. The summed E-state index contributed by atoms with van der Waals surface area (Å²) < 4.78 is 4.87. The lowest BCUT2D eigenvalue weighted by atomic mass is 9.97. The van der Waals surface area contributed by atoms with Gasteiger partial charge in [0.15, 0.2) is 5.96 Å². The van der Waals surface area contributed by atoms with Crippen LogP contribution in [-0.2, 0) is 16.1 Å². The number of methoxy groups -OCH3 is 1. The second-order valence-electron chi connectivity index (χ2n) is 8.22. The third-order valence-electron chi connectivity index (χ3n) is 6.19. The molecule has 174 valence electrons. The molecule has 0 atom stereocenters. The maximum Gasteiger partial charge on any atom is 0.308 e. The maximum absolute atomic E-state index is 11.7. The molecule has 2 heterocycles. The Bertz CT molecular complexity index is 672. The molecule has 0 saturated carbocycles. The van der Waals surface area contributed by atoms with Crippen molar-refractivity contribution in [3.63, 3.8) is 0 Å². The van der Waals surface area contributed by atoms with Crippen LogP contribution in [0.2, 0.25) is 0 Å². The summed E-state index contributed by atoms with van der Waals surface area (Å²) in [6.07, 6.45) is 2.78. The highest BCUT2D eigenvalue weighted by Crippen LogP contribution is 2.18. The highest BCUT2D eigenvalue weighted by atomic mass is 127. The minimum Gasteiger partial charge on any atom is -0.469 e. The van der Waals surface area contributed by atoms with Crippen LogP contribution in [0.3, 0.4) is 0 Å². The Labute approximate surface area is 204 Å². The number of piperidine rings is 1. The molecule has 1 N–H and O–H groups in total. The second kappa shape index (κ2) is 13.9. The maximum atomic E-state index is 11.7. The Balaban J connectivity index is 0.00000341. The van der Waals surface area contributed by atoms with E-state index in [0.29, 0.717) is 0 Å². The van der Waals surface area contributed by atoms with E-state index in [1.807, 2.05) is 7.05 Å². The van der Waals surface area contributed by atoms with Crippen LogP contribution in [0.15, 0.2) is 35.3 Å². The number of benzene rings is 1. The molecule has 31 heavy (non-hydrogen) atoms. The van der Waals surface area contributed by atoms with E-state index >= 15 is 0 Å². The van der Waals surface area contributed by atoms with Gasteiger partial charge in [-0.15, -0.1) is 24.0 Å². The van der Waals surface area contributed by atoms with E-state index in [2.05, 4.69) is 55.3 Å². The number of likely N-dealkylation sites (tertiary alicyclic amines) is 1. The number of guanidine groups is 1. The summed E-state index contributed by atoms with van der Waals surface area (Å²) in [5.41, 5.74) is 1.40. The van der Waals surface area contributed by atoms with Gasteiger partial charge >= 0.3 is 5.97 Å². The number of nitrogens with one attached hydrogen (secondary N) is 1. The summed E-state index contributed by atoms with van der Waals surface area (Å²) in [5.74, 6) is 0.900. The monoisotopic (exact) mass is 543 g/mol. The van der Waals surface area contributed by atoms with Gasteiger partial charge in [0.2, 0.25) is 0 Å². The van der Waals surface area contributed by atoms with Gasteiger partial charge in [0, 0.05) is 59.4 Å². The molecule has 2 fully saturated rings. The van der Waals surface area contributed by atoms with Crippen LogP contribution in [0.1, 0.15) is 24.8 Å². The van der Waals surface area contributed by atoms with Gasteiger partial charge in [-0.3, -0.25) is 14.7 Å². The Kier molecular flexibility index (Phi) is 11.6. The van der Waals surface area contributed by atoms with Crippen molar-refractivity contribution in [2.45, 2.75) is 25.8 Å². The summed E-state index contributed by atoms with van der Waals surface area (Å²) in [4.78, 5) is 23.5. The van der Waals surface area contributed by atoms with Gasteiger partial charge in [-0.2, -0.15) is 0 Å². The highest BCUT2D eigenvalue weighted by Gasteiger charge is 2.26. The standard InChI is InChI=1S/C23H37N5O2.HI/c1-24-23(28-13-9-21(10-14-28)22(29)30-2)25-11-6-12-26-15-17-27(18-16-26)19-20-7-4-3-5-8-20;/h3-5,7-8,21H,6,9-19H2,1-2H3,(H,24,25);1H. The second-order valence-corrected chi connectivity index (χ2v) is 8.22. The molecule has 0 aliphatic carbocycles. The lowest BCUT2D eigenvalue weighted by molar-refractivity contribution is -0.146. The molecule has 0 radical (unpaired) electrons. The Morgan fingerprint density at radius 2 is 1.71 bits per heavy atom. The van der Waals surface area contributed by atoms with E-state index in [4.69, 9.17) is 4.74 Å². The van der Waals surface area contributed by atoms with Crippen LogP contribution in [0.25, 0.3) is 0 Å². The van der Waals surface area contributed by atoms with Crippen molar-refractivity contribution in [2.75, 3.05) is 66.5 Å². The first-order valence-corrected chi connectivity index (χ1v) is 11.2. The van der Waals surface area contributed by atoms with Crippen LogP contribution in [0.5, 0.6) is 0 Å². The summed E-state index contributed by atoms with van der Waals surface area (Å²) in [5, 5.41) is 3.50. The molecule has 8 heteroatoms. The number of piperazine rings is 1. The van der Waals surface area contributed by atoms with E-state index < -0.39 is 0 Å². The fourth-order valence-corrected chi connectivity index (χ4v) is 4.34. The SMILES string of the molecule is CN=C(NCCCN1CCN(Cc2ccccc2)CC1)N1CCC(C(=O)OC)CC1.I. The zero-order chi connectivity index (χ0) is 21.2. The highest BCUT2D eigenvalue weighted by molar-refractivity contribution is 14.0. The zero-order valence-electron chi connectivity index (χ0n) is 19.0. The molecule has 1 aromatic rings. The fraction of sp³-hybridized carbons (Fsp3) is 0.652. The van der Waals surface area contributed by atoms with E-state index in [1.54, 1.807) is 0 Å². The van der Waals surface area contributed by atoms with Crippen LogP contribution >= 0.6 is 24.0 Å². The lowest BCUT2D eigenvalue weighted by Gasteiger charge is -2.35. The van der Waals surface area contributed by atoms with E-state index in [-0.39, 0.29) is 35.9 Å². The molecule has 0 unspecified atom stereocenters. The van der Waals surface area contributed by atoms with Crippen LogP contribution < -0.4 is 5.32 Å². The summed E-state index contributed by atoms with van der Waals surface area (Å²) in [6.45, 7) is 9.36. The van der Waals surface area contributed by atoms with Crippen molar-refractivity contribution in [2.24, 2.45) is 10.9 Å². The number of esters is 1. The number of carbonyl (C=O) groups excluding carboxylic acids is 1. The van der Waals surface area contributed by atoms with Crippen LogP contribution in [0.4, 0.5) is 0 Å². The van der Waals surface area contributed by atoms with Gasteiger partial charge in [0.25, 0.3) is 0 Å². The minimum atomic E-state index is -0.0820. The van der Waals surface area contributed by atoms with Crippen molar-refractivity contribution in [1.29, 1.82) is 0 Å². The van der Waals surface area contributed by atoms with Crippen LogP contribution in [-0.4, -0.2) is 93.1 Å². The minimum absolute atomic E-state index is 0. The van der Waals surface area contributed by atoms with Gasteiger partial charge in [0.1, 0.15) is 0 Å². The zero-order valence-corrected chi connectivity index (χ0v) is 21.3. The molecule has 1 aromatic carbocycles. The number of carbonyl (C=O) groups is 1. The molecule has 0 amide bonds. The number of hydrogen-bond donors (Lipinski definition) is 1. The summed E-state index contributed by atoms with van der Waals surface area (Å²) >= 11 is 0. The van der Waals surface area contributed by atoms with E-state index in [9.17, 15) is 4.79 Å². The predicted molar refractivity (Wildman–Crippen MR) is 136 cm³/mol.